The molecule has 0 amide bonds. The fraction of sp³-hybridized carbons (Fsp3) is 0.467. The summed E-state index contributed by atoms with van der Waals surface area (Å²) in [4.78, 5) is 0. The van der Waals surface area contributed by atoms with E-state index in [1.165, 1.54) is 51.0 Å². The fourth-order valence-corrected chi connectivity index (χ4v) is 5.93. The molecular formula is C30H32F4O. The first-order chi connectivity index (χ1) is 16.9. The maximum absolute atomic E-state index is 15.1. The molecule has 5 heteroatoms. The number of fused-ring (bicyclic) bond motifs is 1. The molecule has 4 atom stereocenters. The van der Waals surface area contributed by atoms with Crippen LogP contribution < -0.4 is 4.74 Å². The first-order valence-corrected chi connectivity index (χ1v) is 12.6. The summed E-state index contributed by atoms with van der Waals surface area (Å²) in [5.74, 6) is 2.43. The van der Waals surface area contributed by atoms with Crippen molar-refractivity contribution < 1.29 is 22.3 Å². The lowest BCUT2D eigenvalue weighted by atomic mass is 9.63. The maximum atomic E-state index is 15.1. The highest BCUT2D eigenvalue weighted by Gasteiger charge is 2.36. The van der Waals surface area contributed by atoms with Gasteiger partial charge in [0.05, 0.1) is 18.2 Å². The Bertz CT molecular complexity index is 1140. The highest BCUT2D eigenvalue weighted by molar-refractivity contribution is 5.47. The van der Waals surface area contributed by atoms with Crippen molar-refractivity contribution in [2.75, 3.05) is 7.11 Å². The molecular weight excluding hydrogens is 452 g/mol. The standard InChI is InChI=1S/C30H32F4O/c1-3-4-5-6-19-7-8-23-18-24(12-11-22(23)17-19)25-15-13-20(27(31)29(25)33)9-10-21-14-16-26(35-2)30(34)28(21)32/h3-4,13-16,19,22-24H,5-8,11-12,17-18H2,1-2H3/b4-3+. The minimum absolute atomic E-state index is 0.000428. The van der Waals surface area contributed by atoms with Crippen LogP contribution in [0.5, 0.6) is 5.75 Å². The molecule has 4 unspecified atom stereocenters. The van der Waals surface area contributed by atoms with Crippen molar-refractivity contribution in [3.63, 3.8) is 0 Å². The second-order valence-electron chi connectivity index (χ2n) is 9.88. The Morgan fingerprint density at radius 2 is 1.49 bits per heavy atom. The summed E-state index contributed by atoms with van der Waals surface area (Å²) in [5.41, 5.74) is -0.00703. The van der Waals surface area contributed by atoms with Gasteiger partial charge in [-0.2, -0.15) is 4.39 Å². The van der Waals surface area contributed by atoms with Crippen LogP contribution in [0.25, 0.3) is 0 Å². The molecule has 2 aromatic carbocycles. The third kappa shape index (κ3) is 5.58. The Balaban J connectivity index is 1.45. The van der Waals surface area contributed by atoms with Crippen molar-refractivity contribution in [3.8, 4) is 17.6 Å². The number of allylic oxidation sites excluding steroid dienone is 2. The topological polar surface area (TPSA) is 9.23 Å². The molecule has 0 N–H and O–H groups in total. The summed E-state index contributed by atoms with van der Waals surface area (Å²) in [7, 11) is 1.23. The van der Waals surface area contributed by atoms with E-state index in [-0.39, 0.29) is 22.8 Å². The van der Waals surface area contributed by atoms with Crippen molar-refractivity contribution in [2.24, 2.45) is 17.8 Å². The van der Waals surface area contributed by atoms with Crippen LogP contribution in [0.1, 0.15) is 80.9 Å². The molecule has 0 radical (unpaired) electrons. The summed E-state index contributed by atoms with van der Waals surface area (Å²) in [6.45, 7) is 2.06. The molecule has 186 valence electrons. The number of methoxy groups -OCH3 is 1. The first-order valence-electron chi connectivity index (χ1n) is 12.6. The Kier molecular flexibility index (Phi) is 8.21. The quantitative estimate of drug-likeness (QED) is 0.236. The zero-order valence-corrected chi connectivity index (χ0v) is 20.4. The molecule has 35 heavy (non-hydrogen) atoms. The largest absolute Gasteiger partial charge is 0.494 e. The van der Waals surface area contributed by atoms with E-state index in [2.05, 4.69) is 30.9 Å². The molecule has 2 aliphatic carbocycles. The molecule has 2 aliphatic rings. The Labute approximate surface area is 205 Å². The van der Waals surface area contributed by atoms with E-state index >= 15 is 4.39 Å². The molecule has 2 saturated carbocycles. The molecule has 0 saturated heterocycles. The summed E-state index contributed by atoms with van der Waals surface area (Å²) in [5, 5.41) is 0. The smallest absolute Gasteiger partial charge is 0.201 e. The highest BCUT2D eigenvalue weighted by atomic mass is 19.2. The Morgan fingerprint density at radius 1 is 0.829 bits per heavy atom. The first kappa shape index (κ1) is 25.4. The number of hydrogen-bond acceptors (Lipinski definition) is 1. The van der Waals surface area contributed by atoms with Gasteiger partial charge in [0, 0.05) is 0 Å². The summed E-state index contributed by atoms with van der Waals surface area (Å²) < 4.78 is 62.7. The van der Waals surface area contributed by atoms with Gasteiger partial charge < -0.3 is 4.74 Å². The third-order valence-corrected chi connectivity index (χ3v) is 7.85. The minimum Gasteiger partial charge on any atom is -0.494 e. The average Bonchev–Trinajstić information content (AvgIpc) is 2.87. The summed E-state index contributed by atoms with van der Waals surface area (Å²) in [6, 6.07) is 5.55. The van der Waals surface area contributed by atoms with Crippen LogP contribution in [-0.2, 0) is 0 Å². The van der Waals surface area contributed by atoms with Crippen LogP contribution in [-0.4, -0.2) is 7.11 Å². The Hall–Kier alpha value is -2.74. The number of halogens is 4. The summed E-state index contributed by atoms with van der Waals surface area (Å²) in [6.07, 6.45) is 13.2. The van der Waals surface area contributed by atoms with Crippen LogP contribution in [0.3, 0.4) is 0 Å². The lowest BCUT2D eigenvalue weighted by Gasteiger charge is -2.42. The highest BCUT2D eigenvalue weighted by Crippen LogP contribution is 2.48. The van der Waals surface area contributed by atoms with Crippen LogP contribution in [0.4, 0.5) is 17.6 Å². The van der Waals surface area contributed by atoms with Crippen molar-refractivity contribution in [2.45, 2.75) is 64.2 Å². The predicted octanol–water partition coefficient (Wildman–Crippen LogP) is 8.31. The van der Waals surface area contributed by atoms with Gasteiger partial charge in [-0.05, 0) is 99.3 Å². The average molecular weight is 485 g/mol. The zero-order valence-electron chi connectivity index (χ0n) is 20.4. The van der Waals surface area contributed by atoms with Gasteiger partial charge in [0.1, 0.15) is 0 Å². The predicted molar refractivity (Wildman–Crippen MR) is 130 cm³/mol. The fourth-order valence-electron chi connectivity index (χ4n) is 5.93. The normalized spacial score (nSPS) is 24.1. The van der Waals surface area contributed by atoms with E-state index < -0.39 is 23.3 Å². The van der Waals surface area contributed by atoms with Crippen LogP contribution in [0.2, 0.25) is 0 Å². The lowest BCUT2D eigenvalue weighted by molar-refractivity contribution is 0.114. The van der Waals surface area contributed by atoms with E-state index in [1.54, 1.807) is 6.07 Å². The third-order valence-electron chi connectivity index (χ3n) is 7.85. The monoisotopic (exact) mass is 484 g/mol. The molecule has 2 aromatic rings. The van der Waals surface area contributed by atoms with Gasteiger partial charge in [-0.1, -0.05) is 36.5 Å². The zero-order chi connectivity index (χ0) is 24.9. The van der Waals surface area contributed by atoms with Gasteiger partial charge in [0.25, 0.3) is 0 Å². The van der Waals surface area contributed by atoms with E-state index in [0.717, 1.165) is 31.6 Å². The summed E-state index contributed by atoms with van der Waals surface area (Å²) >= 11 is 0. The number of benzene rings is 2. The number of rotatable bonds is 5. The van der Waals surface area contributed by atoms with Crippen LogP contribution >= 0.6 is 0 Å². The van der Waals surface area contributed by atoms with E-state index in [9.17, 15) is 13.2 Å². The molecule has 2 fully saturated rings. The molecule has 0 aliphatic heterocycles. The van der Waals surface area contributed by atoms with Gasteiger partial charge >= 0.3 is 0 Å². The van der Waals surface area contributed by atoms with Gasteiger partial charge in [0.15, 0.2) is 23.2 Å². The van der Waals surface area contributed by atoms with Crippen molar-refractivity contribution in [3.05, 3.63) is 76.4 Å². The van der Waals surface area contributed by atoms with E-state index in [0.29, 0.717) is 17.4 Å². The Morgan fingerprint density at radius 3 is 2.20 bits per heavy atom. The van der Waals surface area contributed by atoms with E-state index in [1.807, 2.05) is 0 Å². The lowest BCUT2D eigenvalue weighted by Crippen LogP contribution is -2.30. The number of ether oxygens (including phenoxy) is 1. The minimum atomic E-state index is -1.18. The van der Waals surface area contributed by atoms with Crippen molar-refractivity contribution in [1.29, 1.82) is 0 Å². The second-order valence-corrected chi connectivity index (χ2v) is 9.88. The SMILES string of the molecule is C/C=C/CCC1CCC2CC(c3ccc(C#Cc4ccc(OC)c(F)c4F)c(F)c3F)CCC2C1. The van der Waals surface area contributed by atoms with Crippen molar-refractivity contribution in [1.82, 2.24) is 0 Å². The number of hydrogen-bond donors (Lipinski definition) is 0. The molecule has 0 aromatic heterocycles. The molecule has 0 spiro atoms. The molecule has 0 bridgehead atoms. The molecule has 1 nitrogen and oxygen atoms in total. The van der Waals surface area contributed by atoms with Gasteiger partial charge in [-0.25, -0.2) is 13.2 Å². The van der Waals surface area contributed by atoms with Gasteiger partial charge in [0.2, 0.25) is 5.82 Å². The molecule has 4 rings (SSSR count). The second kappa shape index (κ2) is 11.3. The van der Waals surface area contributed by atoms with E-state index in [4.69, 9.17) is 4.74 Å². The van der Waals surface area contributed by atoms with Crippen LogP contribution in [0, 0.1) is 52.9 Å². The van der Waals surface area contributed by atoms with Crippen molar-refractivity contribution >= 4 is 0 Å². The maximum Gasteiger partial charge on any atom is 0.201 e. The van der Waals surface area contributed by atoms with Gasteiger partial charge in [-0.15, -0.1) is 0 Å². The molecule has 0 heterocycles. The van der Waals surface area contributed by atoms with Crippen LogP contribution in [0.15, 0.2) is 36.4 Å². The van der Waals surface area contributed by atoms with Gasteiger partial charge in [-0.3, -0.25) is 0 Å².